The number of nitrogens with one attached hydrogen (secondary N) is 1. The quantitative estimate of drug-likeness (QED) is 0.258. The van der Waals surface area contributed by atoms with E-state index < -0.39 is 0 Å². The Bertz CT molecular complexity index is 2200. The summed E-state index contributed by atoms with van der Waals surface area (Å²) in [6, 6.07) is 36.5. The van der Waals surface area contributed by atoms with Crippen molar-refractivity contribution in [2.45, 2.75) is 6.54 Å². The number of nitrogens with zero attached hydrogens (tertiary/aromatic N) is 7. The van der Waals surface area contributed by atoms with Gasteiger partial charge in [-0.15, -0.1) is 15.3 Å². The van der Waals surface area contributed by atoms with Gasteiger partial charge in [-0.05, 0) is 29.3 Å². The molecule has 0 radical (unpaired) electrons. The first-order valence-corrected chi connectivity index (χ1v) is 13.6. The lowest BCUT2D eigenvalue weighted by molar-refractivity contribution is 0.415. The first-order valence-electron chi connectivity index (χ1n) is 13.6. The maximum absolute atomic E-state index is 5.61. The maximum atomic E-state index is 5.61. The lowest BCUT2D eigenvalue weighted by Gasteiger charge is -2.11. The monoisotopic (exact) mass is 548 g/mol. The van der Waals surface area contributed by atoms with Crippen LogP contribution in [0.5, 0.6) is 5.75 Å². The number of rotatable bonds is 6. The Balaban J connectivity index is 1.48. The number of ether oxygens (including phenoxy) is 1. The van der Waals surface area contributed by atoms with E-state index in [1.165, 1.54) is 0 Å². The van der Waals surface area contributed by atoms with Gasteiger partial charge < -0.3 is 9.72 Å². The standard InChI is InChI=1S/C33H24N8O/c1-42-24-17-18-26-25(19-24)27(22-13-7-3-8-14-22)28(34-26)32-35-31-29(36-39-40(31)20-21-11-5-2-6-12-21)33-38-37-30(41(32)33)23-15-9-4-10-16-23/h2-19,34H,20H2,1H3. The molecule has 0 fully saturated rings. The highest BCUT2D eigenvalue weighted by Gasteiger charge is 2.25. The van der Waals surface area contributed by atoms with E-state index in [1.807, 2.05) is 87.9 Å². The molecule has 8 aromatic rings. The van der Waals surface area contributed by atoms with E-state index >= 15 is 0 Å². The molecule has 4 heterocycles. The molecule has 0 atom stereocenters. The fraction of sp³-hybridized carbons (Fsp3) is 0.0606. The number of hydrogen-bond acceptors (Lipinski definition) is 6. The molecule has 0 amide bonds. The largest absolute Gasteiger partial charge is 0.497 e. The SMILES string of the molecule is COc1ccc2[nH]c(-c3nc4c(nnn4Cc4ccccc4)c4nnc(-c5ccccc5)n34)c(-c3ccccc3)c2c1. The Morgan fingerprint density at radius 2 is 1.43 bits per heavy atom. The fourth-order valence-electron chi connectivity index (χ4n) is 5.53. The van der Waals surface area contributed by atoms with Crippen molar-refractivity contribution in [3.8, 4) is 39.8 Å². The molecular weight excluding hydrogens is 524 g/mol. The second-order valence-electron chi connectivity index (χ2n) is 10.0. The van der Waals surface area contributed by atoms with Gasteiger partial charge in [0.15, 0.2) is 28.5 Å². The van der Waals surface area contributed by atoms with Gasteiger partial charge in [0.05, 0.1) is 19.3 Å². The van der Waals surface area contributed by atoms with Gasteiger partial charge in [-0.25, -0.2) is 9.67 Å². The molecule has 4 aromatic carbocycles. The van der Waals surface area contributed by atoms with E-state index in [0.29, 0.717) is 35.0 Å². The molecule has 0 aliphatic carbocycles. The van der Waals surface area contributed by atoms with Crippen molar-refractivity contribution >= 4 is 27.7 Å². The summed E-state index contributed by atoms with van der Waals surface area (Å²) >= 11 is 0. The zero-order valence-electron chi connectivity index (χ0n) is 22.6. The van der Waals surface area contributed by atoms with Crippen LogP contribution in [0.3, 0.4) is 0 Å². The molecule has 0 saturated heterocycles. The van der Waals surface area contributed by atoms with Crippen LogP contribution in [-0.2, 0) is 6.54 Å². The second kappa shape index (κ2) is 9.67. The zero-order valence-corrected chi connectivity index (χ0v) is 22.6. The average molecular weight is 549 g/mol. The molecule has 9 nitrogen and oxygen atoms in total. The van der Waals surface area contributed by atoms with Crippen LogP contribution in [0, 0.1) is 0 Å². The predicted molar refractivity (Wildman–Crippen MR) is 162 cm³/mol. The van der Waals surface area contributed by atoms with Gasteiger partial charge in [0.25, 0.3) is 0 Å². The molecular formula is C33H24N8O. The van der Waals surface area contributed by atoms with Gasteiger partial charge in [-0.2, -0.15) is 0 Å². The summed E-state index contributed by atoms with van der Waals surface area (Å²) in [6.07, 6.45) is 0. The third-order valence-corrected chi connectivity index (χ3v) is 7.51. The zero-order chi connectivity index (χ0) is 28.0. The van der Waals surface area contributed by atoms with Crippen LogP contribution >= 0.6 is 0 Å². The molecule has 0 aliphatic heterocycles. The highest BCUT2D eigenvalue weighted by Crippen LogP contribution is 2.40. The Morgan fingerprint density at radius 3 is 2.17 bits per heavy atom. The molecule has 0 spiro atoms. The predicted octanol–water partition coefficient (Wildman–Crippen LogP) is 6.41. The normalized spacial score (nSPS) is 11.5. The van der Waals surface area contributed by atoms with Crippen molar-refractivity contribution in [2.75, 3.05) is 7.11 Å². The average Bonchev–Trinajstić information content (AvgIpc) is 3.77. The van der Waals surface area contributed by atoms with Gasteiger partial charge in [-0.3, -0.25) is 4.40 Å². The van der Waals surface area contributed by atoms with Crippen molar-refractivity contribution in [1.82, 2.24) is 39.6 Å². The molecule has 0 bridgehead atoms. The van der Waals surface area contributed by atoms with Crippen LogP contribution in [0.4, 0.5) is 0 Å². The molecule has 4 aromatic heterocycles. The lowest BCUT2D eigenvalue weighted by Crippen LogP contribution is -2.06. The van der Waals surface area contributed by atoms with Crippen molar-refractivity contribution in [1.29, 1.82) is 0 Å². The summed E-state index contributed by atoms with van der Waals surface area (Å²) in [7, 11) is 1.68. The molecule has 0 saturated carbocycles. The van der Waals surface area contributed by atoms with E-state index in [1.54, 1.807) is 7.11 Å². The number of methoxy groups -OCH3 is 1. The minimum atomic E-state index is 0.523. The highest BCUT2D eigenvalue weighted by atomic mass is 16.5. The Hall–Kier alpha value is -5.83. The van der Waals surface area contributed by atoms with Crippen molar-refractivity contribution in [3.05, 3.63) is 115 Å². The minimum absolute atomic E-state index is 0.523. The van der Waals surface area contributed by atoms with Gasteiger partial charge in [0.1, 0.15) is 5.75 Å². The van der Waals surface area contributed by atoms with Gasteiger partial charge in [0.2, 0.25) is 0 Å². The van der Waals surface area contributed by atoms with E-state index in [9.17, 15) is 0 Å². The van der Waals surface area contributed by atoms with Crippen LogP contribution < -0.4 is 4.74 Å². The maximum Gasteiger partial charge on any atom is 0.194 e. The third-order valence-electron chi connectivity index (χ3n) is 7.51. The summed E-state index contributed by atoms with van der Waals surface area (Å²) in [5.41, 5.74) is 7.67. The summed E-state index contributed by atoms with van der Waals surface area (Å²) in [6.45, 7) is 0.523. The molecule has 0 unspecified atom stereocenters. The fourth-order valence-corrected chi connectivity index (χ4v) is 5.53. The number of benzene rings is 4. The molecule has 8 rings (SSSR count). The lowest BCUT2D eigenvalue weighted by atomic mass is 10.0. The van der Waals surface area contributed by atoms with Crippen LogP contribution in [0.25, 0.3) is 61.7 Å². The topological polar surface area (TPSA) is 98.8 Å². The summed E-state index contributed by atoms with van der Waals surface area (Å²) < 4.78 is 9.41. The summed E-state index contributed by atoms with van der Waals surface area (Å²) in [4.78, 5) is 8.94. The van der Waals surface area contributed by atoms with E-state index in [4.69, 9.17) is 9.72 Å². The smallest absolute Gasteiger partial charge is 0.194 e. The van der Waals surface area contributed by atoms with Crippen LogP contribution in [-0.4, -0.2) is 46.7 Å². The van der Waals surface area contributed by atoms with E-state index in [2.05, 4.69) is 55.8 Å². The number of fused-ring (bicyclic) bond motifs is 4. The molecule has 202 valence electrons. The van der Waals surface area contributed by atoms with Crippen molar-refractivity contribution in [2.24, 2.45) is 0 Å². The number of hydrogen-bond donors (Lipinski definition) is 1. The molecule has 9 heteroatoms. The molecule has 0 aliphatic rings. The van der Waals surface area contributed by atoms with Crippen LogP contribution in [0.2, 0.25) is 0 Å². The van der Waals surface area contributed by atoms with Crippen molar-refractivity contribution in [3.63, 3.8) is 0 Å². The first-order chi connectivity index (χ1) is 20.8. The van der Waals surface area contributed by atoms with Gasteiger partial charge >= 0.3 is 0 Å². The summed E-state index contributed by atoms with van der Waals surface area (Å²) in [5.74, 6) is 2.10. The molecule has 1 N–H and O–H groups in total. The van der Waals surface area contributed by atoms with Crippen LogP contribution in [0.1, 0.15) is 5.56 Å². The van der Waals surface area contributed by atoms with Crippen molar-refractivity contribution < 1.29 is 4.74 Å². The second-order valence-corrected chi connectivity index (χ2v) is 10.0. The first kappa shape index (κ1) is 24.0. The Labute approximate surface area is 240 Å². The summed E-state index contributed by atoms with van der Waals surface area (Å²) in [5, 5.41) is 19.3. The minimum Gasteiger partial charge on any atom is -0.497 e. The number of H-pyrrole nitrogens is 1. The van der Waals surface area contributed by atoms with E-state index in [-0.39, 0.29) is 0 Å². The third kappa shape index (κ3) is 3.82. The number of aromatic nitrogens is 8. The highest BCUT2D eigenvalue weighted by molar-refractivity contribution is 6.04. The van der Waals surface area contributed by atoms with Gasteiger partial charge in [-0.1, -0.05) is 96.2 Å². The van der Waals surface area contributed by atoms with Gasteiger partial charge in [0, 0.05) is 22.0 Å². The molecule has 42 heavy (non-hydrogen) atoms. The van der Waals surface area contributed by atoms with Crippen LogP contribution in [0.15, 0.2) is 109 Å². The Kier molecular flexibility index (Phi) is 5.53. The van der Waals surface area contributed by atoms with E-state index in [0.717, 1.165) is 44.6 Å². The number of aromatic amines is 1. The Morgan fingerprint density at radius 1 is 0.714 bits per heavy atom.